The van der Waals surface area contributed by atoms with Crippen molar-refractivity contribution in [2.45, 2.75) is 32.7 Å². The smallest absolute Gasteiger partial charge is 0.0702 e. The molecular formula is C15H21N3. The Morgan fingerprint density at radius 1 is 1.28 bits per heavy atom. The van der Waals surface area contributed by atoms with Crippen molar-refractivity contribution in [2.75, 3.05) is 0 Å². The highest BCUT2D eigenvalue weighted by Crippen LogP contribution is 2.29. The molecule has 1 aromatic heterocycles. The largest absolute Gasteiger partial charge is 0.324 e. The van der Waals surface area contributed by atoms with Crippen molar-refractivity contribution < 1.29 is 0 Å². The van der Waals surface area contributed by atoms with Gasteiger partial charge in [0.15, 0.2) is 0 Å². The van der Waals surface area contributed by atoms with Gasteiger partial charge >= 0.3 is 0 Å². The minimum atomic E-state index is 0.0379. The van der Waals surface area contributed by atoms with E-state index in [1.165, 1.54) is 16.7 Å². The highest BCUT2D eigenvalue weighted by atomic mass is 15.2. The Labute approximate surface area is 109 Å². The zero-order valence-corrected chi connectivity index (χ0v) is 11.4. The molecule has 0 aliphatic rings. The van der Waals surface area contributed by atoms with Crippen molar-refractivity contribution in [3.8, 4) is 11.1 Å². The van der Waals surface area contributed by atoms with Crippen molar-refractivity contribution >= 4 is 0 Å². The quantitative estimate of drug-likeness (QED) is 0.897. The van der Waals surface area contributed by atoms with E-state index < -0.39 is 0 Å². The molecule has 0 radical (unpaired) electrons. The number of nitrogens with zero attached hydrogens (tertiary/aromatic N) is 2. The van der Waals surface area contributed by atoms with Gasteiger partial charge < -0.3 is 5.73 Å². The van der Waals surface area contributed by atoms with Crippen molar-refractivity contribution in [3.63, 3.8) is 0 Å². The Morgan fingerprint density at radius 2 is 2.00 bits per heavy atom. The van der Waals surface area contributed by atoms with Crippen LogP contribution in [0.5, 0.6) is 0 Å². The van der Waals surface area contributed by atoms with E-state index in [9.17, 15) is 0 Å². The predicted octanol–water partition coefficient (Wildman–Crippen LogP) is 3.06. The van der Waals surface area contributed by atoms with E-state index in [2.05, 4.69) is 36.4 Å². The van der Waals surface area contributed by atoms with Crippen molar-refractivity contribution in [3.05, 3.63) is 41.7 Å². The van der Waals surface area contributed by atoms with Crippen LogP contribution in [0.4, 0.5) is 0 Å². The monoisotopic (exact) mass is 243 g/mol. The number of aryl methyl sites for hydroxylation is 2. The summed E-state index contributed by atoms with van der Waals surface area (Å²) in [5.74, 6) is 0. The van der Waals surface area contributed by atoms with Gasteiger partial charge in [-0.25, -0.2) is 0 Å². The van der Waals surface area contributed by atoms with Gasteiger partial charge in [-0.15, -0.1) is 0 Å². The lowest BCUT2D eigenvalue weighted by Gasteiger charge is -2.12. The molecule has 0 fully saturated rings. The third-order valence-corrected chi connectivity index (χ3v) is 3.13. The van der Waals surface area contributed by atoms with Gasteiger partial charge in [0.1, 0.15) is 0 Å². The van der Waals surface area contributed by atoms with E-state index in [1.54, 1.807) is 0 Å². The number of nitrogens with two attached hydrogens (primary N) is 1. The van der Waals surface area contributed by atoms with E-state index in [0.29, 0.717) is 0 Å². The normalized spacial score (nSPS) is 12.7. The first-order valence-electron chi connectivity index (χ1n) is 6.51. The van der Waals surface area contributed by atoms with Gasteiger partial charge in [-0.2, -0.15) is 5.10 Å². The molecular weight excluding hydrogens is 222 g/mol. The molecule has 0 amide bonds. The van der Waals surface area contributed by atoms with Crippen molar-refractivity contribution in [1.82, 2.24) is 9.78 Å². The zero-order valence-electron chi connectivity index (χ0n) is 11.4. The van der Waals surface area contributed by atoms with Gasteiger partial charge in [0.05, 0.1) is 5.69 Å². The summed E-state index contributed by atoms with van der Waals surface area (Å²) >= 11 is 0. The summed E-state index contributed by atoms with van der Waals surface area (Å²) in [5, 5.41) is 4.55. The molecule has 2 aromatic rings. The van der Waals surface area contributed by atoms with Crippen LogP contribution in [0.25, 0.3) is 11.1 Å². The molecule has 0 bridgehead atoms. The van der Waals surface area contributed by atoms with Gasteiger partial charge in [0, 0.05) is 24.8 Å². The molecule has 0 saturated heterocycles. The minimum absolute atomic E-state index is 0.0379. The number of hydrogen-bond donors (Lipinski definition) is 1. The topological polar surface area (TPSA) is 43.8 Å². The maximum absolute atomic E-state index is 6.06. The van der Waals surface area contributed by atoms with E-state index >= 15 is 0 Å². The molecule has 1 atom stereocenters. The maximum atomic E-state index is 6.06. The molecule has 1 unspecified atom stereocenters. The van der Waals surface area contributed by atoms with Gasteiger partial charge in [-0.1, -0.05) is 37.6 Å². The first-order chi connectivity index (χ1) is 8.63. The summed E-state index contributed by atoms with van der Waals surface area (Å²) in [4.78, 5) is 0. The lowest BCUT2D eigenvalue weighted by Crippen LogP contribution is -2.06. The molecule has 3 heteroatoms. The average molecular weight is 243 g/mol. The van der Waals surface area contributed by atoms with Crippen LogP contribution in [0.15, 0.2) is 30.5 Å². The molecule has 3 nitrogen and oxygen atoms in total. The van der Waals surface area contributed by atoms with Crippen LogP contribution in [-0.2, 0) is 13.5 Å². The Hall–Kier alpha value is -1.61. The second-order valence-corrected chi connectivity index (χ2v) is 4.79. The Bertz CT molecular complexity index is 526. The standard InChI is InChI=1S/C15H21N3/c1-4-7-15-14(10-18(3)17-15)13-9-6-5-8-12(13)11(2)16/h5-6,8-11H,4,7,16H2,1-3H3. The molecule has 0 spiro atoms. The Balaban J connectivity index is 2.54. The number of hydrogen-bond acceptors (Lipinski definition) is 2. The third kappa shape index (κ3) is 2.46. The summed E-state index contributed by atoms with van der Waals surface area (Å²) in [6, 6.07) is 8.37. The van der Waals surface area contributed by atoms with Gasteiger partial charge in [0.25, 0.3) is 0 Å². The Kier molecular flexibility index (Phi) is 3.82. The van der Waals surface area contributed by atoms with Crippen LogP contribution in [0.1, 0.15) is 37.6 Å². The van der Waals surface area contributed by atoms with E-state index in [-0.39, 0.29) is 6.04 Å². The van der Waals surface area contributed by atoms with Crippen LogP contribution in [0, 0.1) is 0 Å². The minimum Gasteiger partial charge on any atom is -0.324 e. The van der Waals surface area contributed by atoms with Gasteiger partial charge in [0.2, 0.25) is 0 Å². The van der Waals surface area contributed by atoms with Gasteiger partial charge in [-0.05, 0) is 24.5 Å². The highest BCUT2D eigenvalue weighted by molar-refractivity contribution is 5.69. The second kappa shape index (κ2) is 5.36. The van der Waals surface area contributed by atoms with Crippen LogP contribution in [-0.4, -0.2) is 9.78 Å². The van der Waals surface area contributed by atoms with Gasteiger partial charge in [-0.3, -0.25) is 4.68 Å². The molecule has 1 heterocycles. The number of rotatable bonds is 4. The zero-order chi connectivity index (χ0) is 13.1. The van der Waals surface area contributed by atoms with E-state index in [4.69, 9.17) is 5.73 Å². The summed E-state index contributed by atoms with van der Waals surface area (Å²) in [7, 11) is 1.97. The van der Waals surface area contributed by atoms with Crippen LogP contribution >= 0.6 is 0 Å². The lowest BCUT2D eigenvalue weighted by atomic mass is 9.95. The summed E-state index contributed by atoms with van der Waals surface area (Å²) in [6.45, 7) is 4.20. The first kappa shape index (κ1) is 12.8. The molecule has 96 valence electrons. The summed E-state index contributed by atoms with van der Waals surface area (Å²) < 4.78 is 1.89. The second-order valence-electron chi connectivity index (χ2n) is 4.79. The molecule has 2 rings (SSSR count). The first-order valence-corrected chi connectivity index (χ1v) is 6.51. The van der Waals surface area contributed by atoms with E-state index in [1.807, 2.05) is 24.7 Å². The maximum Gasteiger partial charge on any atom is 0.0702 e. The fourth-order valence-electron chi connectivity index (χ4n) is 2.32. The fourth-order valence-corrected chi connectivity index (χ4v) is 2.32. The molecule has 18 heavy (non-hydrogen) atoms. The summed E-state index contributed by atoms with van der Waals surface area (Å²) in [6.07, 6.45) is 4.19. The van der Waals surface area contributed by atoms with Crippen LogP contribution in [0.2, 0.25) is 0 Å². The third-order valence-electron chi connectivity index (χ3n) is 3.13. The van der Waals surface area contributed by atoms with Crippen LogP contribution in [0.3, 0.4) is 0 Å². The predicted molar refractivity (Wildman–Crippen MR) is 75.2 cm³/mol. The molecule has 1 aromatic carbocycles. The SMILES string of the molecule is CCCc1nn(C)cc1-c1ccccc1C(C)N. The molecule has 0 saturated carbocycles. The fraction of sp³-hybridized carbons (Fsp3) is 0.400. The Morgan fingerprint density at radius 3 is 2.67 bits per heavy atom. The van der Waals surface area contributed by atoms with Crippen molar-refractivity contribution in [2.24, 2.45) is 12.8 Å². The van der Waals surface area contributed by atoms with Crippen molar-refractivity contribution in [1.29, 1.82) is 0 Å². The molecule has 0 aliphatic heterocycles. The van der Waals surface area contributed by atoms with Crippen LogP contribution < -0.4 is 5.73 Å². The molecule has 2 N–H and O–H groups in total. The summed E-state index contributed by atoms with van der Waals surface area (Å²) in [5.41, 5.74) is 10.8. The van der Waals surface area contributed by atoms with E-state index in [0.717, 1.165) is 18.5 Å². The average Bonchev–Trinajstić information content (AvgIpc) is 2.71. The number of benzene rings is 1. The highest BCUT2D eigenvalue weighted by Gasteiger charge is 2.14. The number of aromatic nitrogens is 2. The lowest BCUT2D eigenvalue weighted by molar-refractivity contribution is 0.733. The molecule has 0 aliphatic carbocycles.